The molecule has 178 valence electrons. The predicted octanol–water partition coefficient (Wildman–Crippen LogP) is 4.51. The Hall–Kier alpha value is -1.88. The number of aryl methyl sites for hydroxylation is 1. The van der Waals surface area contributed by atoms with Crippen molar-refractivity contribution in [3.8, 4) is 0 Å². The molecule has 5 heteroatoms. The molecule has 1 aliphatic heterocycles. The van der Waals surface area contributed by atoms with Crippen LogP contribution in [0.5, 0.6) is 0 Å². The third-order valence-corrected chi connectivity index (χ3v) is 7.45. The van der Waals surface area contributed by atoms with E-state index in [2.05, 4.69) is 43.1 Å². The van der Waals surface area contributed by atoms with Crippen molar-refractivity contribution in [1.82, 2.24) is 15.1 Å². The average molecular weight is 442 g/mol. The molecule has 2 fully saturated rings. The van der Waals surface area contributed by atoms with Crippen LogP contribution in [0.25, 0.3) is 0 Å². The number of nitrogens with one attached hydrogen (secondary N) is 1. The van der Waals surface area contributed by atoms with Gasteiger partial charge in [-0.3, -0.25) is 14.5 Å². The molecule has 1 heterocycles. The van der Waals surface area contributed by atoms with Crippen LogP contribution in [-0.4, -0.2) is 60.4 Å². The number of hydrogen-bond acceptors (Lipinski definition) is 3. The van der Waals surface area contributed by atoms with E-state index in [1.165, 1.54) is 31.2 Å². The van der Waals surface area contributed by atoms with Gasteiger partial charge < -0.3 is 10.2 Å². The van der Waals surface area contributed by atoms with Gasteiger partial charge in [0, 0.05) is 38.3 Å². The van der Waals surface area contributed by atoms with Crippen molar-refractivity contribution in [1.29, 1.82) is 0 Å². The van der Waals surface area contributed by atoms with Crippen LogP contribution in [0.4, 0.5) is 0 Å². The lowest BCUT2D eigenvalue weighted by molar-refractivity contribution is -0.129. The van der Waals surface area contributed by atoms with Crippen LogP contribution in [0.15, 0.2) is 24.3 Å². The smallest absolute Gasteiger partial charge is 0.253 e. The highest BCUT2D eigenvalue weighted by atomic mass is 16.2. The summed E-state index contributed by atoms with van der Waals surface area (Å²) >= 11 is 0. The van der Waals surface area contributed by atoms with E-state index in [1.807, 2.05) is 17.0 Å². The lowest BCUT2D eigenvalue weighted by Crippen LogP contribution is -2.58. The molecular formula is C27H43N3O2. The third-order valence-electron chi connectivity index (χ3n) is 7.45. The molecule has 0 bridgehead atoms. The molecule has 3 rings (SSSR count). The lowest BCUT2D eigenvalue weighted by Gasteiger charge is -2.41. The molecule has 1 aromatic carbocycles. The zero-order chi connectivity index (χ0) is 22.9. The number of amides is 2. The molecule has 2 amide bonds. The quantitative estimate of drug-likeness (QED) is 0.581. The molecule has 2 atom stereocenters. The van der Waals surface area contributed by atoms with Gasteiger partial charge in [0.05, 0.1) is 6.04 Å². The summed E-state index contributed by atoms with van der Waals surface area (Å²) in [5.74, 6) is 1.26. The van der Waals surface area contributed by atoms with Crippen molar-refractivity contribution in [3.63, 3.8) is 0 Å². The first kappa shape index (κ1) is 24.8. The Labute approximate surface area is 194 Å². The first-order valence-corrected chi connectivity index (χ1v) is 12.9. The van der Waals surface area contributed by atoms with Gasteiger partial charge in [0.25, 0.3) is 5.91 Å². The summed E-state index contributed by atoms with van der Waals surface area (Å²) in [4.78, 5) is 30.5. The molecule has 0 unspecified atom stereocenters. The summed E-state index contributed by atoms with van der Waals surface area (Å²) in [7, 11) is 0. The summed E-state index contributed by atoms with van der Waals surface area (Å²) in [6.07, 6.45) is 9.26. The number of carbonyl (C=O) groups is 2. The summed E-state index contributed by atoms with van der Waals surface area (Å²) in [6.45, 7) is 10.2. The van der Waals surface area contributed by atoms with E-state index >= 15 is 0 Å². The maximum Gasteiger partial charge on any atom is 0.253 e. The van der Waals surface area contributed by atoms with Crippen molar-refractivity contribution in [2.24, 2.45) is 11.8 Å². The first-order valence-electron chi connectivity index (χ1n) is 12.9. The van der Waals surface area contributed by atoms with Gasteiger partial charge in [-0.1, -0.05) is 58.6 Å². The highest BCUT2D eigenvalue weighted by molar-refractivity contribution is 5.94. The standard InChI is InChI=1S/C27H43N3O2/c1-4-6-9-22-12-14-24(15-13-22)27(32)30-18-16-29(17-19-30)25(23-10-7-8-11-23)26(31)28-20-21(3)5-2/h12-15,21,23,25H,4-11,16-20H2,1-3H3,(H,28,31)/t21-,25+/m1/s1. The van der Waals surface area contributed by atoms with Gasteiger partial charge in [-0.25, -0.2) is 0 Å². The van der Waals surface area contributed by atoms with Crippen molar-refractivity contribution in [2.45, 2.75) is 78.2 Å². The average Bonchev–Trinajstić information content (AvgIpc) is 3.36. The molecule has 0 radical (unpaired) electrons. The molecule has 5 nitrogen and oxygen atoms in total. The second kappa shape index (κ2) is 12.4. The summed E-state index contributed by atoms with van der Waals surface area (Å²) in [5, 5.41) is 3.23. The number of nitrogens with zero attached hydrogens (tertiary/aromatic N) is 2. The van der Waals surface area contributed by atoms with Crippen LogP contribution in [0, 0.1) is 11.8 Å². The van der Waals surface area contributed by atoms with E-state index in [4.69, 9.17) is 0 Å². The van der Waals surface area contributed by atoms with Gasteiger partial charge in [-0.15, -0.1) is 0 Å². The van der Waals surface area contributed by atoms with Crippen molar-refractivity contribution < 1.29 is 9.59 Å². The number of rotatable bonds is 10. The van der Waals surface area contributed by atoms with E-state index in [0.717, 1.165) is 50.9 Å². The normalized spacial score (nSPS) is 19.7. The topological polar surface area (TPSA) is 52.7 Å². The molecule has 1 aromatic rings. The molecule has 1 N–H and O–H groups in total. The van der Waals surface area contributed by atoms with E-state index in [0.29, 0.717) is 24.9 Å². The van der Waals surface area contributed by atoms with E-state index in [1.54, 1.807) is 0 Å². The molecule has 1 saturated carbocycles. The highest BCUT2D eigenvalue weighted by Gasteiger charge is 2.37. The molecule has 0 aromatic heterocycles. The van der Waals surface area contributed by atoms with Gasteiger partial charge in [0.1, 0.15) is 0 Å². The predicted molar refractivity (Wildman–Crippen MR) is 131 cm³/mol. The number of hydrogen-bond donors (Lipinski definition) is 1. The Morgan fingerprint density at radius 3 is 2.28 bits per heavy atom. The second-order valence-corrected chi connectivity index (χ2v) is 9.88. The van der Waals surface area contributed by atoms with E-state index in [9.17, 15) is 9.59 Å². The highest BCUT2D eigenvalue weighted by Crippen LogP contribution is 2.31. The minimum atomic E-state index is -0.0448. The molecule has 0 spiro atoms. The number of unbranched alkanes of at least 4 members (excludes halogenated alkanes) is 1. The summed E-state index contributed by atoms with van der Waals surface area (Å²) < 4.78 is 0. The molecule has 1 saturated heterocycles. The SMILES string of the molecule is CCCCc1ccc(C(=O)N2CCN([C@H](C(=O)NC[C@H](C)CC)C3CCCC3)CC2)cc1. The van der Waals surface area contributed by atoms with Crippen LogP contribution < -0.4 is 5.32 Å². The summed E-state index contributed by atoms with van der Waals surface area (Å²) in [6, 6.07) is 8.09. The Balaban J connectivity index is 1.57. The van der Waals surface area contributed by atoms with E-state index in [-0.39, 0.29) is 17.9 Å². The second-order valence-electron chi connectivity index (χ2n) is 9.88. The monoisotopic (exact) mass is 441 g/mol. The van der Waals surface area contributed by atoms with Gasteiger partial charge in [-0.2, -0.15) is 0 Å². The van der Waals surface area contributed by atoms with Crippen LogP contribution in [0.1, 0.15) is 81.6 Å². The fourth-order valence-electron chi connectivity index (χ4n) is 5.06. The van der Waals surface area contributed by atoms with Gasteiger partial charge in [-0.05, 0) is 55.2 Å². The minimum absolute atomic E-state index is 0.0448. The zero-order valence-electron chi connectivity index (χ0n) is 20.4. The fourth-order valence-corrected chi connectivity index (χ4v) is 5.06. The van der Waals surface area contributed by atoms with Crippen molar-refractivity contribution in [3.05, 3.63) is 35.4 Å². The number of benzene rings is 1. The number of carbonyl (C=O) groups excluding carboxylic acids is 2. The molecule has 32 heavy (non-hydrogen) atoms. The molecule has 2 aliphatic rings. The lowest BCUT2D eigenvalue weighted by atomic mass is 9.94. The Bertz CT molecular complexity index is 719. The van der Waals surface area contributed by atoms with Crippen molar-refractivity contribution >= 4 is 11.8 Å². The van der Waals surface area contributed by atoms with Crippen LogP contribution in [0.2, 0.25) is 0 Å². The zero-order valence-corrected chi connectivity index (χ0v) is 20.4. The summed E-state index contributed by atoms with van der Waals surface area (Å²) in [5.41, 5.74) is 2.08. The molecular weight excluding hydrogens is 398 g/mol. The first-order chi connectivity index (χ1) is 15.5. The third kappa shape index (κ3) is 6.57. The fraction of sp³-hybridized carbons (Fsp3) is 0.704. The van der Waals surface area contributed by atoms with E-state index < -0.39 is 0 Å². The maximum absolute atomic E-state index is 13.2. The van der Waals surface area contributed by atoms with Crippen LogP contribution in [-0.2, 0) is 11.2 Å². The maximum atomic E-state index is 13.2. The van der Waals surface area contributed by atoms with Gasteiger partial charge in [0.15, 0.2) is 0 Å². The van der Waals surface area contributed by atoms with Gasteiger partial charge in [0.2, 0.25) is 5.91 Å². The van der Waals surface area contributed by atoms with Crippen LogP contribution in [0.3, 0.4) is 0 Å². The molecule has 1 aliphatic carbocycles. The Morgan fingerprint density at radius 2 is 1.69 bits per heavy atom. The Kier molecular flexibility index (Phi) is 9.58. The minimum Gasteiger partial charge on any atom is -0.354 e. The van der Waals surface area contributed by atoms with Crippen molar-refractivity contribution in [2.75, 3.05) is 32.7 Å². The van der Waals surface area contributed by atoms with Gasteiger partial charge >= 0.3 is 0 Å². The van der Waals surface area contributed by atoms with Crippen LogP contribution >= 0.6 is 0 Å². The largest absolute Gasteiger partial charge is 0.354 e. The number of piperazine rings is 1. The Morgan fingerprint density at radius 1 is 1.03 bits per heavy atom.